The van der Waals surface area contributed by atoms with Crippen LogP contribution >= 0.6 is 7.82 Å². The van der Waals surface area contributed by atoms with E-state index in [9.17, 15) is 9.36 Å². The molecule has 0 heterocycles. The average Bonchev–Trinajstić information content (AvgIpc) is 2.33. The van der Waals surface area contributed by atoms with Gasteiger partial charge in [0.2, 0.25) is 0 Å². The van der Waals surface area contributed by atoms with E-state index >= 15 is 0 Å². The first-order valence-electron chi connectivity index (χ1n) is 5.11. The molecule has 0 spiro atoms. The Morgan fingerprint density at radius 2 is 1.88 bits per heavy atom. The molecular formula is C10H19O6P. The van der Waals surface area contributed by atoms with Gasteiger partial charge in [0.15, 0.2) is 0 Å². The van der Waals surface area contributed by atoms with Crippen molar-refractivity contribution in [3.05, 3.63) is 12.2 Å². The summed E-state index contributed by atoms with van der Waals surface area (Å²) in [6.45, 7) is 6.76. The van der Waals surface area contributed by atoms with Crippen molar-refractivity contribution < 1.29 is 27.7 Å². The quantitative estimate of drug-likeness (QED) is 0.381. The summed E-state index contributed by atoms with van der Waals surface area (Å²) in [4.78, 5) is 11.3. The normalized spacial score (nSPS) is 13.2. The highest BCUT2D eigenvalue weighted by atomic mass is 31.2. The van der Waals surface area contributed by atoms with Crippen LogP contribution in [0, 0.1) is 0 Å². The van der Waals surface area contributed by atoms with Crippen molar-refractivity contribution in [1.82, 2.24) is 0 Å². The second-order valence-electron chi connectivity index (χ2n) is 3.32. The summed E-state index contributed by atoms with van der Waals surface area (Å²) in [5.41, 5.74) is 0.296. The van der Waals surface area contributed by atoms with Crippen molar-refractivity contribution in [2.45, 2.75) is 26.4 Å². The fraction of sp³-hybridized carbons (Fsp3) is 0.700. The van der Waals surface area contributed by atoms with Gasteiger partial charge in [-0.15, -0.1) is 0 Å². The highest BCUT2D eigenvalue weighted by Gasteiger charge is 2.25. The molecule has 6 nitrogen and oxygen atoms in total. The molecule has 0 rings (SSSR count). The van der Waals surface area contributed by atoms with Crippen molar-refractivity contribution in [2.24, 2.45) is 0 Å². The first-order valence-corrected chi connectivity index (χ1v) is 6.57. The Morgan fingerprint density at radius 3 is 2.24 bits per heavy atom. The van der Waals surface area contributed by atoms with Gasteiger partial charge < -0.3 is 4.74 Å². The molecular weight excluding hydrogens is 247 g/mol. The molecule has 0 saturated carbocycles. The monoisotopic (exact) mass is 266 g/mol. The van der Waals surface area contributed by atoms with E-state index in [0.29, 0.717) is 12.0 Å². The van der Waals surface area contributed by atoms with Crippen LogP contribution in [0.3, 0.4) is 0 Å². The smallest absolute Gasteiger partial charge is 0.457 e. The third-order valence-electron chi connectivity index (χ3n) is 1.94. The minimum atomic E-state index is -3.53. The molecule has 0 aromatic heterocycles. The average molecular weight is 266 g/mol. The number of ether oxygens (including phenoxy) is 1. The molecule has 0 aliphatic heterocycles. The Labute approximate surface area is 101 Å². The topological polar surface area (TPSA) is 71.1 Å². The van der Waals surface area contributed by atoms with Crippen LogP contribution in [0.1, 0.15) is 20.3 Å². The van der Waals surface area contributed by atoms with Crippen molar-refractivity contribution in [2.75, 3.05) is 20.8 Å². The number of hydrogen-bond acceptors (Lipinski definition) is 6. The third-order valence-corrected chi connectivity index (χ3v) is 3.30. The maximum Gasteiger partial charge on any atom is 0.474 e. The molecule has 1 atom stereocenters. The lowest BCUT2D eigenvalue weighted by Crippen LogP contribution is -2.23. The lowest BCUT2D eigenvalue weighted by Gasteiger charge is -2.19. The first-order chi connectivity index (χ1) is 7.88. The summed E-state index contributed by atoms with van der Waals surface area (Å²) in [5.74, 6) is -0.509. The predicted molar refractivity (Wildman–Crippen MR) is 62.6 cm³/mol. The Balaban J connectivity index is 4.28. The summed E-state index contributed by atoms with van der Waals surface area (Å²) in [5, 5.41) is 0. The van der Waals surface area contributed by atoms with E-state index < -0.39 is 19.9 Å². The van der Waals surface area contributed by atoms with E-state index in [-0.39, 0.29) is 6.61 Å². The lowest BCUT2D eigenvalue weighted by atomic mass is 10.3. The number of phosphoric acid groups is 1. The molecule has 0 aliphatic carbocycles. The number of carbonyl (C=O) groups excluding carboxylic acids is 1. The highest BCUT2D eigenvalue weighted by molar-refractivity contribution is 7.48. The second kappa shape index (κ2) is 7.61. The summed E-state index contributed by atoms with van der Waals surface area (Å²) >= 11 is 0. The van der Waals surface area contributed by atoms with Crippen LogP contribution in [0.4, 0.5) is 0 Å². The number of esters is 1. The lowest BCUT2D eigenvalue weighted by molar-refractivity contribution is -0.146. The molecule has 17 heavy (non-hydrogen) atoms. The predicted octanol–water partition coefficient (Wildman–Crippen LogP) is 2.30. The van der Waals surface area contributed by atoms with Gasteiger partial charge in [0.05, 0.1) is 6.61 Å². The zero-order valence-electron chi connectivity index (χ0n) is 10.6. The van der Waals surface area contributed by atoms with Gasteiger partial charge in [-0.05, 0) is 13.3 Å². The minimum Gasteiger partial charge on any atom is -0.457 e. The first kappa shape index (κ1) is 16.3. The number of hydrogen-bond donors (Lipinski definition) is 0. The Hall–Kier alpha value is -0.680. The molecule has 0 aromatic rings. The Bertz CT molecular complexity index is 306. The van der Waals surface area contributed by atoms with Gasteiger partial charge in [-0.3, -0.25) is 13.6 Å². The van der Waals surface area contributed by atoms with Crippen LogP contribution in [-0.2, 0) is 27.7 Å². The molecule has 0 N–H and O–H groups in total. The molecule has 0 amide bonds. The Kier molecular flexibility index (Phi) is 7.30. The van der Waals surface area contributed by atoms with E-state index in [0.717, 1.165) is 0 Å². The van der Waals surface area contributed by atoms with Crippen LogP contribution in [0.25, 0.3) is 0 Å². The molecule has 7 heteroatoms. The minimum absolute atomic E-state index is 0.0610. The molecule has 0 aliphatic rings. The summed E-state index contributed by atoms with van der Waals surface area (Å²) in [6.07, 6.45) is 0.00438. The maximum atomic E-state index is 11.6. The molecule has 0 radical (unpaired) electrons. The fourth-order valence-corrected chi connectivity index (χ4v) is 1.55. The van der Waals surface area contributed by atoms with Crippen LogP contribution in [0.15, 0.2) is 12.2 Å². The second-order valence-corrected chi connectivity index (χ2v) is 5.21. The third kappa shape index (κ3) is 5.98. The highest BCUT2D eigenvalue weighted by Crippen LogP contribution is 2.47. The van der Waals surface area contributed by atoms with Gasteiger partial charge in [-0.2, -0.15) is 0 Å². The SMILES string of the molecule is C=C(C)C(=O)OC(CC)COP(=O)(OC)OC. The van der Waals surface area contributed by atoms with Crippen LogP contribution < -0.4 is 0 Å². The van der Waals surface area contributed by atoms with Gasteiger partial charge >= 0.3 is 13.8 Å². The van der Waals surface area contributed by atoms with E-state index in [1.807, 2.05) is 6.92 Å². The summed E-state index contributed by atoms with van der Waals surface area (Å²) in [6, 6.07) is 0. The Morgan fingerprint density at radius 1 is 1.35 bits per heavy atom. The molecule has 1 unspecified atom stereocenters. The van der Waals surface area contributed by atoms with Gasteiger partial charge in [0.25, 0.3) is 0 Å². The zero-order chi connectivity index (χ0) is 13.5. The zero-order valence-corrected chi connectivity index (χ0v) is 11.5. The van der Waals surface area contributed by atoms with E-state index in [1.54, 1.807) is 6.92 Å². The van der Waals surface area contributed by atoms with Gasteiger partial charge in [-0.25, -0.2) is 9.36 Å². The van der Waals surface area contributed by atoms with Crippen LogP contribution in [0.2, 0.25) is 0 Å². The van der Waals surface area contributed by atoms with Gasteiger partial charge in [0.1, 0.15) is 6.10 Å². The van der Waals surface area contributed by atoms with Gasteiger partial charge in [0, 0.05) is 19.8 Å². The molecule has 0 aromatic carbocycles. The van der Waals surface area contributed by atoms with Crippen molar-refractivity contribution >= 4 is 13.8 Å². The van der Waals surface area contributed by atoms with Crippen molar-refractivity contribution in [3.63, 3.8) is 0 Å². The van der Waals surface area contributed by atoms with E-state index in [2.05, 4.69) is 15.6 Å². The largest absolute Gasteiger partial charge is 0.474 e. The van der Waals surface area contributed by atoms with E-state index in [4.69, 9.17) is 9.26 Å². The fourth-order valence-electron chi connectivity index (χ4n) is 0.842. The van der Waals surface area contributed by atoms with Gasteiger partial charge in [-0.1, -0.05) is 13.5 Å². The molecule has 0 fully saturated rings. The maximum absolute atomic E-state index is 11.6. The van der Waals surface area contributed by atoms with Crippen LogP contribution in [-0.4, -0.2) is 32.9 Å². The number of carbonyl (C=O) groups is 1. The standard InChI is InChI=1S/C10H19O6P/c1-6-9(16-10(11)8(2)3)7-15-17(12,13-4)14-5/h9H,2,6-7H2,1,3-5H3. The van der Waals surface area contributed by atoms with Crippen molar-refractivity contribution in [3.8, 4) is 0 Å². The number of rotatable bonds is 8. The van der Waals surface area contributed by atoms with Crippen LogP contribution in [0.5, 0.6) is 0 Å². The van der Waals surface area contributed by atoms with Crippen molar-refractivity contribution in [1.29, 1.82) is 0 Å². The molecule has 0 bridgehead atoms. The summed E-state index contributed by atoms with van der Waals surface area (Å²) in [7, 11) is -1.10. The number of phosphoric ester groups is 1. The van der Waals surface area contributed by atoms with E-state index in [1.165, 1.54) is 14.2 Å². The molecule has 0 saturated heterocycles. The summed E-state index contributed by atoms with van der Waals surface area (Å²) < 4.78 is 30.8. The molecule has 100 valence electrons.